The molecule has 38 heavy (non-hydrogen) atoms. The standard InChI is InChI=1S/C37H62N/c1-3-5-7-9-11-13-15-17-19-21-24-28-35-32-33-38(37-30-26-23-27-31-37)34-36(35)29-25-22-20-18-16-14-12-10-8-6-4-2/h23,26-27,30-34H,3-22,24-25,28-29H2,1-2H3/q+1. The maximum Gasteiger partial charge on any atom is 0.210 e. The number of aryl methyl sites for hydroxylation is 2. The Hall–Kier alpha value is -1.63. The van der Waals surface area contributed by atoms with Crippen LogP contribution in [0, 0.1) is 0 Å². The van der Waals surface area contributed by atoms with Gasteiger partial charge in [-0.25, -0.2) is 0 Å². The zero-order valence-corrected chi connectivity index (χ0v) is 25.5. The quantitative estimate of drug-likeness (QED) is 0.0905. The number of nitrogens with zero attached hydrogens (tertiary/aromatic N) is 1. The van der Waals surface area contributed by atoms with Gasteiger partial charge in [-0.15, -0.1) is 0 Å². The van der Waals surface area contributed by atoms with Gasteiger partial charge in [-0.2, -0.15) is 4.57 Å². The van der Waals surface area contributed by atoms with Crippen LogP contribution in [0.4, 0.5) is 0 Å². The number of hydrogen-bond acceptors (Lipinski definition) is 0. The Morgan fingerprint density at radius 2 is 0.816 bits per heavy atom. The lowest BCUT2D eigenvalue weighted by molar-refractivity contribution is -0.596. The first-order valence-electron chi connectivity index (χ1n) is 16.9. The van der Waals surface area contributed by atoms with Crippen LogP contribution in [-0.4, -0.2) is 0 Å². The maximum atomic E-state index is 2.43. The van der Waals surface area contributed by atoms with Crippen molar-refractivity contribution >= 4 is 0 Å². The molecule has 0 aliphatic rings. The van der Waals surface area contributed by atoms with Gasteiger partial charge < -0.3 is 0 Å². The molecule has 0 N–H and O–H groups in total. The summed E-state index contributed by atoms with van der Waals surface area (Å²) in [4.78, 5) is 0. The van der Waals surface area contributed by atoms with E-state index < -0.39 is 0 Å². The summed E-state index contributed by atoms with van der Waals surface area (Å²) >= 11 is 0. The summed E-state index contributed by atoms with van der Waals surface area (Å²) in [6.45, 7) is 4.61. The highest BCUT2D eigenvalue weighted by atomic mass is 14.9. The number of para-hydroxylation sites is 1. The van der Waals surface area contributed by atoms with E-state index >= 15 is 0 Å². The molecule has 2 aromatic rings. The minimum Gasteiger partial charge on any atom is -0.167 e. The van der Waals surface area contributed by atoms with E-state index in [4.69, 9.17) is 0 Å². The van der Waals surface area contributed by atoms with Crippen LogP contribution in [-0.2, 0) is 12.8 Å². The molecule has 1 aromatic heterocycles. The van der Waals surface area contributed by atoms with Crippen LogP contribution < -0.4 is 4.57 Å². The second kappa shape index (κ2) is 23.3. The Kier molecular flexibility index (Phi) is 20.0. The average Bonchev–Trinajstić information content (AvgIpc) is 2.95. The van der Waals surface area contributed by atoms with E-state index in [1.165, 1.54) is 160 Å². The number of pyridine rings is 1. The second-order valence-electron chi connectivity index (χ2n) is 11.8. The van der Waals surface area contributed by atoms with Crippen molar-refractivity contribution < 1.29 is 4.57 Å². The smallest absolute Gasteiger partial charge is 0.167 e. The van der Waals surface area contributed by atoms with Crippen LogP contribution >= 0.6 is 0 Å². The fourth-order valence-corrected chi connectivity index (χ4v) is 5.76. The Balaban J connectivity index is 1.69. The molecule has 0 saturated carbocycles. The van der Waals surface area contributed by atoms with Gasteiger partial charge in [0.15, 0.2) is 12.4 Å². The van der Waals surface area contributed by atoms with E-state index in [9.17, 15) is 0 Å². The Morgan fingerprint density at radius 1 is 0.421 bits per heavy atom. The number of unbranched alkanes of at least 4 members (excludes halogenated alkanes) is 20. The first-order chi connectivity index (χ1) is 18.8. The van der Waals surface area contributed by atoms with E-state index in [1.807, 2.05) is 0 Å². The van der Waals surface area contributed by atoms with Crippen molar-refractivity contribution in [1.82, 2.24) is 0 Å². The number of aromatic nitrogens is 1. The highest BCUT2D eigenvalue weighted by Crippen LogP contribution is 2.18. The summed E-state index contributed by atoms with van der Waals surface area (Å²) in [5.41, 5.74) is 4.45. The molecule has 0 radical (unpaired) electrons. The lowest BCUT2D eigenvalue weighted by Crippen LogP contribution is -2.30. The molecule has 1 nitrogen and oxygen atoms in total. The van der Waals surface area contributed by atoms with Gasteiger partial charge in [-0.1, -0.05) is 160 Å². The molecule has 1 aromatic carbocycles. The fourth-order valence-electron chi connectivity index (χ4n) is 5.76. The minimum absolute atomic E-state index is 1.23. The van der Waals surface area contributed by atoms with Gasteiger partial charge in [0, 0.05) is 23.8 Å². The predicted molar refractivity (Wildman–Crippen MR) is 168 cm³/mol. The molecule has 214 valence electrons. The molecule has 0 fully saturated rings. The van der Waals surface area contributed by atoms with Crippen molar-refractivity contribution in [2.45, 2.75) is 168 Å². The predicted octanol–water partition coefficient (Wildman–Crippen LogP) is 11.7. The summed E-state index contributed by atoms with van der Waals surface area (Å²) in [7, 11) is 0. The van der Waals surface area contributed by atoms with E-state index in [-0.39, 0.29) is 0 Å². The molecular formula is C37H62N+. The first kappa shape index (κ1) is 32.6. The molecule has 1 heterocycles. The summed E-state index contributed by atoms with van der Waals surface area (Å²) in [5.74, 6) is 0. The van der Waals surface area contributed by atoms with Crippen LogP contribution in [0.2, 0.25) is 0 Å². The van der Waals surface area contributed by atoms with Gasteiger partial charge in [0.1, 0.15) is 0 Å². The SMILES string of the molecule is CCCCCCCCCCCCCc1cc[n+](-c2ccccc2)cc1CCCCCCCCCCCCC. The molecular weight excluding hydrogens is 458 g/mol. The molecule has 0 atom stereocenters. The first-order valence-corrected chi connectivity index (χ1v) is 16.9. The summed E-state index contributed by atoms with van der Waals surface area (Å²) in [6, 6.07) is 13.2. The monoisotopic (exact) mass is 520 g/mol. The molecule has 0 unspecified atom stereocenters. The Bertz CT molecular complexity index is 781. The van der Waals surface area contributed by atoms with E-state index in [1.54, 1.807) is 11.1 Å². The molecule has 0 bridgehead atoms. The normalized spacial score (nSPS) is 11.3. The van der Waals surface area contributed by atoms with E-state index in [0.717, 1.165) is 0 Å². The van der Waals surface area contributed by atoms with Crippen LogP contribution in [0.1, 0.15) is 166 Å². The number of benzene rings is 1. The van der Waals surface area contributed by atoms with Gasteiger partial charge in [-0.05, 0) is 31.2 Å². The van der Waals surface area contributed by atoms with Crippen LogP contribution in [0.25, 0.3) is 5.69 Å². The van der Waals surface area contributed by atoms with E-state index in [0.29, 0.717) is 0 Å². The topological polar surface area (TPSA) is 3.88 Å². The molecule has 0 spiro atoms. The minimum atomic E-state index is 1.23. The van der Waals surface area contributed by atoms with Crippen molar-refractivity contribution in [2.75, 3.05) is 0 Å². The molecule has 1 heteroatoms. The molecule has 2 rings (SSSR count). The lowest BCUT2D eigenvalue weighted by Gasteiger charge is -2.09. The largest absolute Gasteiger partial charge is 0.210 e. The number of hydrogen-bond donors (Lipinski definition) is 0. The lowest BCUT2D eigenvalue weighted by atomic mass is 9.97. The van der Waals surface area contributed by atoms with Crippen LogP contribution in [0.5, 0.6) is 0 Å². The summed E-state index contributed by atoms with van der Waals surface area (Å²) in [5, 5.41) is 0. The van der Waals surface area contributed by atoms with Gasteiger partial charge in [-0.3, -0.25) is 0 Å². The van der Waals surface area contributed by atoms with Crippen LogP contribution in [0.15, 0.2) is 48.8 Å². The van der Waals surface area contributed by atoms with Crippen molar-refractivity contribution in [3.63, 3.8) is 0 Å². The van der Waals surface area contributed by atoms with E-state index in [2.05, 4.69) is 67.2 Å². The van der Waals surface area contributed by atoms with Gasteiger partial charge in [0.25, 0.3) is 0 Å². The van der Waals surface area contributed by atoms with Crippen molar-refractivity contribution in [3.8, 4) is 5.69 Å². The summed E-state index contributed by atoms with van der Waals surface area (Å²) < 4.78 is 2.33. The van der Waals surface area contributed by atoms with Crippen molar-refractivity contribution in [2.24, 2.45) is 0 Å². The maximum absolute atomic E-state index is 2.43. The summed E-state index contributed by atoms with van der Waals surface area (Å²) in [6.07, 6.45) is 38.4. The number of rotatable bonds is 25. The third-order valence-corrected chi connectivity index (χ3v) is 8.30. The third kappa shape index (κ3) is 15.7. The molecule has 0 saturated heterocycles. The highest BCUT2D eigenvalue weighted by molar-refractivity contribution is 5.25. The zero-order valence-electron chi connectivity index (χ0n) is 25.5. The van der Waals surface area contributed by atoms with Crippen molar-refractivity contribution in [3.05, 3.63) is 59.9 Å². The second-order valence-corrected chi connectivity index (χ2v) is 11.8. The molecule has 0 aliphatic carbocycles. The average molecular weight is 521 g/mol. The van der Waals surface area contributed by atoms with Crippen LogP contribution in [0.3, 0.4) is 0 Å². The van der Waals surface area contributed by atoms with Crippen molar-refractivity contribution in [1.29, 1.82) is 0 Å². The Labute approximate surface area is 237 Å². The van der Waals surface area contributed by atoms with Gasteiger partial charge >= 0.3 is 0 Å². The van der Waals surface area contributed by atoms with Gasteiger partial charge in [0.05, 0.1) is 0 Å². The molecule has 0 amide bonds. The van der Waals surface area contributed by atoms with Gasteiger partial charge in [0.2, 0.25) is 5.69 Å². The fraction of sp³-hybridized carbons (Fsp3) is 0.703. The molecule has 0 aliphatic heterocycles. The highest BCUT2D eigenvalue weighted by Gasteiger charge is 2.11. The Morgan fingerprint density at radius 3 is 1.26 bits per heavy atom. The zero-order chi connectivity index (χ0) is 26.9. The third-order valence-electron chi connectivity index (χ3n) is 8.30.